The molecule has 0 radical (unpaired) electrons. The van der Waals surface area contributed by atoms with Crippen molar-refractivity contribution < 1.29 is 9.53 Å². The summed E-state index contributed by atoms with van der Waals surface area (Å²) in [4.78, 5) is 26.6. The van der Waals surface area contributed by atoms with E-state index in [2.05, 4.69) is 20.6 Å². The average Bonchev–Trinajstić information content (AvgIpc) is 2.79. The second-order valence-corrected chi connectivity index (χ2v) is 8.86. The molecule has 0 fully saturated rings. The number of hydrogen-bond acceptors (Lipinski definition) is 6. The molecule has 4 rings (SSSR count). The van der Waals surface area contributed by atoms with Crippen LogP contribution in [-0.4, -0.2) is 33.5 Å². The summed E-state index contributed by atoms with van der Waals surface area (Å²) in [5.41, 5.74) is 3.79. The maximum atomic E-state index is 12.8. The van der Waals surface area contributed by atoms with Crippen molar-refractivity contribution in [1.29, 1.82) is 0 Å². The summed E-state index contributed by atoms with van der Waals surface area (Å²) in [6.45, 7) is 8.13. The fourth-order valence-electron chi connectivity index (χ4n) is 3.48. The molecule has 2 heterocycles. The Morgan fingerprint density at radius 2 is 1.76 bits per heavy atom. The van der Waals surface area contributed by atoms with Crippen molar-refractivity contribution in [2.24, 2.45) is 0 Å². The molecule has 0 aliphatic rings. The third-order valence-corrected chi connectivity index (χ3v) is 5.10. The van der Waals surface area contributed by atoms with E-state index >= 15 is 0 Å². The molecule has 0 atom stereocenters. The molecule has 0 saturated heterocycles. The molecule has 0 saturated carbocycles. The van der Waals surface area contributed by atoms with E-state index in [0.717, 1.165) is 22.4 Å². The highest BCUT2D eigenvalue weighted by Gasteiger charge is 2.18. The maximum Gasteiger partial charge on any atom is 0.256 e. The Morgan fingerprint density at radius 3 is 2.45 bits per heavy atom. The smallest absolute Gasteiger partial charge is 0.256 e. The van der Waals surface area contributed by atoms with Crippen LogP contribution < -0.4 is 15.4 Å². The minimum atomic E-state index is -0.244. The number of nitrogens with zero attached hydrogens (tertiary/aromatic N) is 3. The summed E-state index contributed by atoms with van der Waals surface area (Å²) in [6, 6.07) is 15.0. The molecule has 0 unspecified atom stereocenters. The molecular formula is C26H27N5O2. The predicted molar refractivity (Wildman–Crippen MR) is 132 cm³/mol. The molecule has 0 bridgehead atoms. The molecular weight excluding hydrogens is 414 g/mol. The van der Waals surface area contributed by atoms with Gasteiger partial charge in [0, 0.05) is 29.1 Å². The number of aromatic nitrogens is 3. The number of methoxy groups -OCH3 is 1. The normalized spacial score (nSPS) is 11.3. The van der Waals surface area contributed by atoms with E-state index in [4.69, 9.17) is 9.72 Å². The molecule has 0 spiro atoms. The number of hydrogen-bond donors (Lipinski definition) is 2. The van der Waals surface area contributed by atoms with Crippen molar-refractivity contribution >= 4 is 28.6 Å². The van der Waals surface area contributed by atoms with Gasteiger partial charge in [-0.3, -0.25) is 4.79 Å². The van der Waals surface area contributed by atoms with Crippen LogP contribution >= 0.6 is 0 Å². The quantitative estimate of drug-likeness (QED) is 0.427. The zero-order chi connectivity index (χ0) is 23.6. The molecule has 7 heteroatoms. The van der Waals surface area contributed by atoms with Gasteiger partial charge in [-0.2, -0.15) is 0 Å². The summed E-state index contributed by atoms with van der Waals surface area (Å²) in [5.74, 6) is 1.45. The topological polar surface area (TPSA) is 89.0 Å². The van der Waals surface area contributed by atoms with Gasteiger partial charge >= 0.3 is 0 Å². The van der Waals surface area contributed by atoms with Gasteiger partial charge < -0.3 is 15.4 Å². The Bertz CT molecular complexity index is 1310. The highest BCUT2D eigenvalue weighted by molar-refractivity contribution is 6.09. The Hall–Kier alpha value is -4.00. The van der Waals surface area contributed by atoms with Crippen molar-refractivity contribution in [2.45, 2.75) is 33.2 Å². The lowest BCUT2D eigenvalue weighted by molar-refractivity contribution is 0.102. The first-order valence-electron chi connectivity index (χ1n) is 10.7. The molecule has 2 aromatic carbocycles. The molecule has 168 valence electrons. The van der Waals surface area contributed by atoms with Crippen LogP contribution in [0.2, 0.25) is 0 Å². The van der Waals surface area contributed by atoms with Gasteiger partial charge in [-0.05, 0) is 57.0 Å². The number of pyridine rings is 1. The minimum Gasteiger partial charge on any atom is -0.496 e. The molecule has 33 heavy (non-hydrogen) atoms. The Balaban J connectivity index is 1.85. The number of nitrogens with one attached hydrogen (secondary N) is 2. The Morgan fingerprint density at radius 1 is 1.00 bits per heavy atom. The van der Waals surface area contributed by atoms with Gasteiger partial charge in [-0.25, -0.2) is 15.0 Å². The molecule has 2 aromatic heterocycles. The SMILES string of the molecule is COc1cc(-c2cnc(NC(=O)c3ccccc3)c3cnc(NC(C)(C)C)nc23)ccc1C. The molecule has 0 aliphatic heterocycles. The van der Waals surface area contributed by atoms with Crippen LogP contribution in [0.4, 0.5) is 11.8 Å². The Labute approximate surface area is 193 Å². The number of fused-ring (bicyclic) bond motifs is 1. The van der Waals surface area contributed by atoms with E-state index in [1.165, 1.54) is 0 Å². The van der Waals surface area contributed by atoms with E-state index in [1.807, 2.05) is 64.1 Å². The monoisotopic (exact) mass is 441 g/mol. The molecule has 2 N–H and O–H groups in total. The number of benzene rings is 2. The maximum absolute atomic E-state index is 12.8. The van der Waals surface area contributed by atoms with Gasteiger partial charge in [0.15, 0.2) is 0 Å². The minimum absolute atomic E-state index is 0.210. The van der Waals surface area contributed by atoms with Gasteiger partial charge in [-0.15, -0.1) is 0 Å². The first-order valence-corrected chi connectivity index (χ1v) is 10.7. The van der Waals surface area contributed by atoms with Crippen molar-refractivity contribution in [3.8, 4) is 16.9 Å². The largest absolute Gasteiger partial charge is 0.496 e. The second kappa shape index (κ2) is 8.86. The fraction of sp³-hybridized carbons (Fsp3) is 0.231. The van der Waals surface area contributed by atoms with Gasteiger partial charge in [0.25, 0.3) is 5.91 Å². The van der Waals surface area contributed by atoms with E-state index in [1.54, 1.807) is 31.6 Å². The second-order valence-electron chi connectivity index (χ2n) is 8.86. The van der Waals surface area contributed by atoms with Crippen LogP contribution in [0.3, 0.4) is 0 Å². The fourth-order valence-corrected chi connectivity index (χ4v) is 3.48. The van der Waals surface area contributed by atoms with Gasteiger partial charge in [0.05, 0.1) is 18.0 Å². The van der Waals surface area contributed by atoms with Crippen LogP contribution in [0.1, 0.15) is 36.7 Å². The summed E-state index contributed by atoms with van der Waals surface area (Å²) in [7, 11) is 1.65. The number of carbonyl (C=O) groups excluding carboxylic acids is 1. The average molecular weight is 442 g/mol. The number of carbonyl (C=O) groups is 1. The van der Waals surface area contributed by atoms with Crippen LogP contribution in [0.25, 0.3) is 22.0 Å². The van der Waals surface area contributed by atoms with Crippen molar-refractivity contribution in [3.05, 3.63) is 72.1 Å². The summed E-state index contributed by atoms with van der Waals surface area (Å²) in [6.07, 6.45) is 3.42. The van der Waals surface area contributed by atoms with E-state index in [9.17, 15) is 4.79 Å². The highest BCUT2D eigenvalue weighted by Crippen LogP contribution is 2.33. The summed E-state index contributed by atoms with van der Waals surface area (Å²) in [5, 5.41) is 6.87. The lowest BCUT2D eigenvalue weighted by Gasteiger charge is -2.21. The molecule has 7 nitrogen and oxygen atoms in total. The summed E-state index contributed by atoms with van der Waals surface area (Å²) >= 11 is 0. The van der Waals surface area contributed by atoms with E-state index in [-0.39, 0.29) is 11.4 Å². The van der Waals surface area contributed by atoms with Crippen molar-refractivity contribution in [3.63, 3.8) is 0 Å². The lowest BCUT2D eigenvalue weighted by atomic mass is 10.0. The predicted octanol–water partition coefficient (Wildman–Crippen LogP) is 5.47. The van der Waals surface area contributed by atoms with Gasteiger partial charge in [-0.1, -0.05) is 30.3 Å². The Kier molecular flexibility index (Phi) is 5.96. The number of anilines is 2. The third kappa shape index (κ3) is 4.92. The van der Waals surface area contributed by atoms with Crippen LogP contribution in [-0.2, 0) is 0 Å². The summed E-state index contributed by atoms with van der Waals surface area (Å²) < 4.78 is 5.51. The standard InChI is InChI=1S/C26H27N5O2/c1-16-11-12-18(13-21(16)33-5)19-14-27-23(30-24(32)17-9-7-6-8-10-17)20-15-28-25(29-22(19)20)31-26(2,3)4/h6-15H,1-5H3,(H,27,30,32)(H,28,29,31). The van der Waals surface area contributed by atoms with Gasteiger partial charge in [0.1, 0.15) is 11.6 Å². The van der Waals surface area contributed by atoms with Crippen molar-refractivity contribution in [1.82, 2.24) is 15.0 Å². The van der Waals surface area contributed by atoms with Crippen LogP contribution in [0, 0.1) is 6.92 Å². The van der Waals surface area contributed by atoms with Gasteiger partial charge in [0.2, 0.25) is 5.95 Å². The first kappa shape index (κ1) is 22.2. The van der Waals surface area contributed by atoms with Crippen molar-refractivity contribution in [2.75, 3.05) is 17.7 Å². The third-order valence-electron chi connectivity index (χ3n) is 5.10. The zero-order valence-corrected chi connectivity index (χ0v) is 19.4. The highest BCUT2D eigenvalue weighted by atomic mass is 16.5. The molecule has 4 aromatic rings. The first-order chi connectivity index (χ1) is 15.7. The number of amides is 1. The molecule has 1 amide bonds. The molecule has 0 aliphatic carbocycles. The zero-order valence-electron chi connectivity index (χ0n) is 19.4. The lowest BCUT2D eigenvalue weighted by Crippen LogP contribution is -2.27. The number of aryl methyl sites for hydroxylation is 1. The van der Waals surface area contributed by atoms with E-state index in [0.29, 0.717) is 28.2 Å². The van der Waals surface area contributed by atoms with Crippen LogP contribution in [0.5, 0.6) is 5.75 Å². The van der Waals surface area contributed by atoms with E-state index < -0.39 is 0 Å². The van der Waals surface area contributed by atoms with Crippen LogP contribution in [0.15, 0.2) is 60.9 Å². The number of ether oxygens (including phenoxy) is 1. The number of rotatable bonds is 5.